The molecule has 0 spiro atoms. The lowest BCUT2D eigenvalue weighted by Crippen LogP contribution is -2.65. The third kappa shape index (κ3) is 4.77. The maximum Gasteiger partial charge on any atom is 0.415 e. The molecule has 0 aliphatic heterocycles. The van der Waals surface area contributed by atoms with E-state index < -0.39 is 8.64 Å². The van der Waals surface area contributed by atoms with Crippen LogP contribution in [0.25, 0.3) is 0 Å². The van der Waals surface area contributed by atoms with Crippen LogP contribution in [0.2, 0.25) is 6.55 Å². The Morgan fingerprint density at radius 2 is 1.26 bits per heavy atom. The zero-order valence-corrected chi connectivity index (χ0v) is 14.2. The molecule has 0 aromatic heterocycles. The fourth-order valence-electron chi connectivity index (χ4n) is 2.15. The van der Waals surface area contributed by atoms with Crippen molar-refractivity contribution in [1.82, 2.24) is 9.96 Å². The first-order chi connectivity index (χ1) is 11.0. The molecule has 0 unspecified atom stereocenters. The van der Waals surface area contributed by atoms with Crippen molar-refractivity contribution in [2.24, 2.45) is 0 Å². The van der Waals surface area contributed by atoms with Crippen molar-refractivity contribution in [2.45, 2.75) is 13.5 Å². The normalized spacial score (nSPS) is 10.9. The van der Waals surface area contributed by atoms with Crippen molar-refractivity contribution in [2.75, 3.05) is 6.61 Å². The molecule has 2 aromatic carbocycles. The Kier molecular flexibility index (Phi) is 5.67. The minimum absolute atomic E-state index is 0.262. The van der Waals surface area contributed by atoms with Gasteiger partial charge in [0.2, 0.25) is 11.8 Å². The van der Waals surface area contributed by atoms with Crippen LogP contribution in [0.4, 0.5) is 0 Å². The summed E-state index contributed by atoms with van der Waals surface area (Å²) in [4.78, 5) is 30.4. The van der Waals surface area contributed by atoms with Crippen molar-refractivity contribution in [3.63, 3.8) is 0 Å². The van der Waals surface area contributed by atoms with Crippen LogP contribution in [0.3, 0.4) is 0 Å². The van der Waals surface area contributed by atoms with Gasteiger partial charge in [0.15, 0.2) is 0 Å². The smallest absolute Gasteiger partial charge is 0.384 e. The van der Waals surface area contributed by atoms with Crippen LogP contribution in [-0.4, -0.2) is 27.1 Å². The highest BCUT2D eigenvalue weighted by Crippen LogP contribution is 2.05. The first-order valence-corrected chi connectivity index (χ1v) is 9.84. The maximum absolute atomic E-state index is 12.3. The number of carbonyl (C=O) groups is 2. The number of benzene rings is 2. The summed E-state index contributed by atoms with van der Waals surface area (Å²) in [5.74, 6) is -0.525. The van der Waals surface area contributed by atoms with Gasteiger partial charge in [-0.15, -0.1) is 0 Å². The molecule has 6 heteroatoms. The third-order valence-corrected chi connectivity index (χ3v) is 5.48. The maximum atomic E-state index is 12.3. The molecule has 0 atom stereocenters. The second-order valence-electron chi connectivity index (χ2n) is 5.11. The van der Waals surface area contributed by atoms with Crippen LogP contribution in [0.1, 0.15) is 27.6 Å². The summed E-state index contributed by atoms with van der Waals surface area (Å²) in [7, 11) is -2.94. The first kappa shape index (κ1) is 16.9. The summed E-state index contributed by atoms with van der Waals surface area (Å²) in [5.41, 5.74) is 1.06. The van der Waals surface area contributed by atoms with Gasteiger partial charge < -0.3 is 14.4 Å². The molecule has 120 valence electrons. The van der Waals surface area contributed by atoms with Crippen LogP contribution in [0.5, 0.6) is 0 Å². The monoisotopic (exact) mass is 328 g/mol. The molecule has 23 heavy (non-hydrogen) atoms. The Morgan fingerprint density at radius 3 is 1.61 bits per heavy atom. The summed E-state index contributed by atoms with van der Waals surface area (Å²) in [5, 5.41) is 0. The zero-order chi connectivity index (χ0) is 16.7. The quantitative estimate of drug-likeness (QED) is 0.801. The Labute approximate surface area is 137 Å². The fraction of sp³-hybridized carbons (Fsp3) is 0.176. The van der Waals surface area contributed by atoms with Crippen LogP contribution < -0.4 is 9.96 Å². The van der Waals surface area contributed by atoms with E-state index in [1.54, 1.807) is 55.1 Å². The van der Waals surface area contributed by atoms with Gasteiger partial charge in [0.05, 0.1) is 0 Å². The summed E-state index contributed by atoms with van der Waals surface area (Å²) >= 11 is 0. The topological polar surface area (TPSA) is 67.4 Å². The number of amides is 2. The van der Waals surface area contributed by atoms with Gasteiger partial charge in [0, 0.05) is 17.7 Å². The van der Waals surface area contributed by atoms with Gasteiger partial charge in [-0.05, 0) is 37.7 Å². The minimum Gasteiger partial charge on any atom is -0.384 e. The Morgan fingerprint density at radius 1 is 0.870 bits per heavy atom. The van der Waals surface area contributed by atoms with Crippen molar-refractivity contribution in [1.29, 1.82) is 0 Å². The van der Waals surface area contributed by atoms with E-state index in [-0.39, 0.29) is 11.8 Å². The van der Waals surface area contributed by atoms with Crippen molar-refractivity contribution in [3.8, 4) is 0 Å². The number of rotatable bonds is 6. The standard InChI is InChI=1S/C17H20N2O3Si/c1-3-22-23(2,18-16(20)14-10-6-4-7-11-14)19-17(21)15-12-8-5-9-13-15/h4-13H,3H2,1-2H3,(H,18,20)(H,19,21). The predicted molar refractivity (Wildman–Crippen MR) is 91.1 cm³/mol. The van der Waals surface area contributed by atoms with Gasteiger partial charge in [-0.25, -0.2) is 0 Å². The van der Waals surface area contributed by atoms with Gasteiger partial charge in [0.1, 0.15) is 0 Å². The summed E-state index contributed by atoms with van der Waals surface area (Å²) in [6.07, 6.45) is 0. The molecule has 0 aliphatic rings. The van der Waals surface area contributed by atoms with Crippen molar-refractivity contribution < 1.29 is 14.0 Å². The highest BCUT2D eigenvalue weighted by molar-refractivity contribution is 6.72. The molecule has 5 nitrogen and oxygen atoms in total. The van der Waals surface area contributed by atoms with E-state index in [1.165, 1.54) is 0 Å². The molecule has 2 amide bonds. The number of hydrogen-bond acceptors (Lipinski definition) is 3. The second kappa shape index (κ2) is 7.71. The SMILES string of the molecule is CCO[Si](C)(NC(=O)c1ccccc1)NC(=O)c1ccccc1. The summed E-state index contributed by atoms with van der Waals surface area (Å²) in [6, 6.07) is 17.7. The molecular formula is C17H20N2O3Si. The molecule has 0 heterocycles. The average Bonchev–Trinajstić information content (AvgIpc) is 2.56. The first-order valence-electron chi connectivity index (χ1n) is 7.43. The van der Waals surface area contributed by atoms with Gasteiger partial charge in [-0.1, -0.05) is 36.4 Å². The molecule has 2 aromatic rings. The van der Waals surface area contributed by atoms with E-state index in [0.29, 0.717) is 17.7 Å². The predicted octanol–water partition coefficient (Wildman–Crippen LogP) is 2.45. The molecule has 0 saturated heterocycles. The van der Waals surface area contributed by atoms with E-state index in [0.717, 1.165) is 0 Å². The Balaban J connectivity index is 2.12. The molecule has 2 rings (SSSR count). The van der Waals surface area contributed by atoms with Crippen molar-refractivity contribution >= 4 is 20.5 Å². The van der Waals surface area contributed by atoms with Gasteiger partial charge in [-0.3, -0.25) is 9.59 Å². The molecule has 0 fully saturated rings. The molecule has 0 radical (unpaired) electrons. The number of carbonyl (C=O) groups excluding carboxylic acids is 2. The largest absolute Gasteiger partial charge is 0.415 e. The lowest BCUT2D eigenvalue weighted by Gasteiger charge is -2.27. The molecule has 0 saturated carbocycles. The molecule has 0 aliphatic carbocycles. The van der Waals surface area contributed by atoms with E-state index >= 15 is 0 Å². The lowest BCUT2D eigenvalue weighted by molar-refractivity contribution is 0.0949. The minimum atomic E-state index is -2.94. The summed E-state index contributed by atoms with van der Waals surface area (Å²) < 4.78 is 5.69. The highest BCUT2D eigenvalue weighted by atomic mass is 28.4. The molecule has 2 N–H and O–H groups in total. The lowest BCUT2D eigenvalue weighted by atomic mass is 10.2. The van der Waals surface area contributed by atoms with E-state index in [9.17, 15) is 9.59 Å². The van der Waals surface area contributed by atoms with Gasteiger partial charge >= 0.3 is 8.64 Å². The van der Waals surface area contributed by atoms with E-state index in [4.69, 9.17) is 4.43 Å². The van der Waals surface area contributed by atoms with E-state index in [2.05, 4.69) is 9.96 Å². The zero-order valence-electron chi connectivity index (χ0n) is 13.2. The van der Waals surface area contributed by atoms with Gasteiger partial charge in [0.25, 0.3) is 0 Å². The fourth-order valence-corrected chi connectivity index (χ4v) is 4.09. The Hall–Kier alpha value is -2.44. The van der Waals surface area contributed by atoms with Crippen LogP contribution in [-0.2, 0) is 4.43 Å². The van der Waals surface area contributed by atoms with Crippen LogP contribution in [0, 0.1) is 0 Å². The van der Waals surface area contributed by atoms with Crippen LogP contribution in [0.15, 0.2) is 60.7 Å². The third-order valence-electron chi connectivity index (χ3n) is 3.21. The molecular weight excluding hydrogens is 308 g/mol. The number of hydrogen-bond donors (Lipinski definition) is 2. The van der Waals surface area contributed by atoms with Crippen LogP contribution >= 0.6 is 0 Å². The highest BCUT2D eigenvalue weighted by Gasteiger charge is 2.35. The second-order valence-corrected chi connectivity index (χ2v) is 7.96. The Bertz CT molecular complexity index is 609. The summed E-state index contributed by atoms with van der Waals surface area (Å²) in [6.45, 7) is 3.97. The average molecular weight is 328 g/mol. The van der Waals surface area contributed by atoms with E-state index in [1.807, 2.05) is 19.1 Å². The van der Waals surface area contributed by atoms with Gasteiger partial charge in [-0.2, -0.15) is 0 Å². The van der Waals surface area contributed by atoms with Crippen molar-refractivity contribution in [3.05, 3.63) is 71.8 Å². The molecule has 0 bridgehead atoms. The number of nitrogens with one attached hydrogen (secondary N) is 2.